The number of carbonyl (C=O) groups excluding carboxylic acids is 2. The zero-order valence-corrected chi connectivity index (χ0v) is 9.83. The van der Waals surface area contributed by atoms with Gasteiger partial charge in [-0.25, -0.2) is 4.39 Å². The average molecular weight is 257 g/mol. The van der Waals surface area contributed by atoms with Gasteiger partial charge in [-0.05, 0) is 24.6 Å². The third-order valence-corrected chi connectivity index (χ3v) is 3.12. The lowest BCUT2D eigenvalue weighted by atomic mass is 10.1. The molecule has 0 unspecified atom stereocenters. The number of benzene rings is 1. The summed E-state index contributed by atoms with van der Waals surface area (Å²) in [6.07, 6.45) is 0.487. The standard InChI is InChI=1S/C12H10ClFO3/c1-17-12(16)8-5-7(8)11(15)6-2-3-10(14)9(13)4-6/h2-4,7-8H,5H2,1H3/t7-,8-/m0/s1. The topological polar surface area (TPSA) is 43.4 Å². The minimum absolute atomic E-state index is 0.0916. The normalized spacial score (nSPS) is 22.1. The Kier molecular flexibility index (Phi) is 3.15. The molecule has 0 spiro atoms. The van der Waals surface area contributed by atoms with Crippen LogP contribution in [0.25, 0.3) is 0 Å². The molecule has 2 atom stereocenters. The predicted octanol–water partition coefficient (Wildman–Crippen LogP) is 2.47. The van der Waals surface area contributed by atoms with Crippen LogP contribution in [0.2, 0.25) is 5.02 Å². The molecule has 1 aliphatic carbocycles. The highest BCUT2D eigenvalue weighted by Crippen LogP contribution is 2.42. The van der Waals surface area contributed by atoms with Gasteiger partial charge in [0.05, 0.1) is 18.1 Å². The van der Waals surface area contributed by atoms with Crippen molar-refractivity contribution in [2.45, 2.75) is 6.42 Å². The van der Waals surface area contributed by atoms with Crippen molar-refractivity contribution in [2.75, 3.05) is 7.11 Å². The number of Topliss-reactive ketones (excluding diaryl/α,β-unsaturated/α-hetero) is 1. The zero-order chi connectivity index (χ0) is 12.6. The summed E-state index contributed by atoms with van der Waals surface area (Å²) in [6.45, 7) is 0. The van der Waals surface area contributed by atoms with Gasteiger partial charge >= 0.3 is 5.97 Å². The maximum Gasteiger partial charge on any atom is 0.309 e. The maximum atomic E-state index is 12.9. The van der Waals surface area contributed by atoms with Gasteiger partial charge in [0.2, 0.25) is 0 Å². The molecule has 1 aliphatic rings. The first-order valence-corrected chi connectivity index (χ1v) is 5.49. The van der Waals surface area contributed by atoms with E-state index < -0.39 is 5.82 Å². The number of esters is 1. The van der Waals surface area contributed by atoms with Crippen molar-refractivity contribution in [1.82, 2.24) is 0 Å². The van der Waals surface area contributed by atoms with Crippen LogP contribution in [0.4, 0.5) is 4.39 Å². The monoisotopic (exact) mass is 256 g/mol. The smallest absolute Gasteiger partial charge is 0.309 e. The predicted molar refractivity (Wildman–Crippen MR) is 59.4 cm³/mol. The average Bonchev–Trinajstić information content (AvgIpc) is 3.11. The highest BCUT2D eigenvalue weighted by Gasteiger charge is 2.48. The zero-order valence-electron chi connectivity index (χ0n) is 9.07. The molecule has 1 aromatic rings. The summed E-state index contributed by atoms with van der Waals surface area (Å²) in [4.78, 5) is 23.1. The number of rotatable bonds is 3. The molecule has 0 N–H and O–H groups in total. The molecule has 0 radical (unpaired) electrons. The highest BCUT2D eigenvalue weighted by atomic mass is 35.5. The lowest BCUT2D eigenvalue weighted by Crippen LogP contribution is -2.10. The van der Waals surface area contributed by atoms with Gasteiger partial charge in [-0.3, -0.25) is 9.59 Å². The van der Waals surface area contributed by atoms with E-state index in [1.54, 1.807) is 0 Å². The number of ketones is 1. The van der Waals surface area contributed by atoms with Crippen LogP contribution in [-0.4, -0.2) is 18.9 Å². The molecule has 0 heterocycles. The molecule has 0 aromatic heterocycles. The molecule has 1 saturated carbocycles. The summed E-state index contributed by atoms with van der Waals surface area (Å²) in [5, 5.41) is -0.0916. The molecular weight excluding hydrogens is 247 g/mol. The number of hydrogen-bond acceptors (Lipinski definition) is 3. The summed E-state index contributed by atoms with van der Waals surface area (Å²) < 4.78 is 17.5. The maximum absolute atomic E-state index is 12.9. The molecule has 0 amide bonds. The van der Waals surface area contributed by atoms with Crippen LogP contribution < -0.4 is 0 Å². The molecule has 1 aromatic carbocycles. The van der Waals surface area contributed by atoms with Crippen LogP contribution in [0.3, 0.4) is 0 Å². The number of halogens is 2. The van der Waals surface area contributed by atoms with E-state index >= 15 is 0 Å². The van der Waals surface area contributed by atoms with Crippen LogP contribution in [0.1, 0.15) is 16.8 Å². The Morgan fingerprint density at radius 3 is 2.71 bits per heavy atom. The van der Waals surface area contributed by atoms with Gasteiger partial charge in [-0.1, -0.05) is 11.6 Å². The van der Waals surface area contributed by atoms with Crippen molar-refractivity contribution < 1.29 is 18.7 Å². The fourth-order valence-electron chi connectivity index (χ4n) is 1.76. The minimum atomic E-state index is -0.566. The first-order chi connectivity index (χ1) is 8.04. The molecule has 0 saturated heterocycles. The lowest BCUT2D eigenvalue weighted by molar-refractivity contribution is -0.142. The number of methoxy groups -OCH3 is 1. The second-order valence-corrected chi connectivity index (χ2v) is 4.37. The largest absolute Gasteiger partial charge is 0.469 e. The van der Waals surface area contributed by atoms with Crippen LogP contribution >= 0.6 is 11.6 Å². The van der Waals surface area contributed by atoms with E-state index in [1.807, 2.05) is 0 Å². The van der Waals surface area contributed by atoms with E-state index in [1.165, 1.54) is 19.2 Å². The van der Waals surface area contributed by atoms with Gasteiger partial charge < -0.3 is 4.74 Å². The van der Waals surface area contributed by atoms with Crippen molar-refractivity contribution in [3.63, 3.8) is 0 Å². The van der Waals surface area contributed by atoms with Gasteiger partial charge in [0.15, 0.2) is 5.78 Å². The van der Waals surface area contributed by atoms with E-state index in [2.05, 4.69) is 4.74 Å². The Morgan fingerprint density at radius 2 is 2.12 bits per heavy atom. The van der Waals surface area contributed by atoms with E-state index in [0.29, 0.717) is 12.0 Å². The Hall–Kier alpha value is -1.42. The van der Waals surface area contributed by atoms with Crippen molar-refractivity contribution in [2.24, 2.45) is 11.8 Å². The number of ether oxygens (including phenoxy) is 1. The van der Waals surface area contributed by atoms with Crippen LogP contribution in [-0.2, 0) is 9.53 Å². The van der Waals surface area contributed by atoms with Crippen molar-refractivity contribution in [3.05, 3.63) is 34.6 Å². The first-order valence-electron chi connectivity index (χ1n) is 5.11. The molecule has 90 valence electrons. The van der Waals surface area contributed by atoms with E-state index in [-0.39, 0.29) is 28.6 Å². The van der Waals surface area contributed by atoms with Gasteiger partial charge in [0.25, 0.3) is 0 Å². The van der Waals surface area contributed by atoms with Gasteiger partial charge in [0, 0.05) is 11.5 Å². The van der Waals surface area contributed by atoms with E-state index in [0.717, 1.165) is 6.07 Å². The third kappa shape index (κ3) is 2.31. The Bertz CT molecular complexity index is 487. The summed E-state index contributed by atoms with van der Waals surface area (Å²) in [7, 11) is 1.29. The van der Waals surface area contributed by atoms with Crippen molar-refractivity contribution in [1.29, 1.82) is 0 Å². The van der Waals surface area contributed by atoms with Crippen LogP contribution in [0.5, 0.6) is 0 Å². The molecule has 1 fully saturated rings. The van der Waals surface area contributed by atoms with E-state index in [4.69, 9.17) is 11.6 Å². The second kappa shape index (κ2) is 4.45. The lowest BCUT2D eigenvalue weighted by Gasteiger charge is -2.01. The van der Waals surface area contributed by atoms with E-state index in [9.17, 15) is 14.0 Å². The van der Waals surface area contributed by atoms with Crippen LogP contribution in [0, 0.1) is 17.7 Å². The molecule has 2 rings (SSSR count). The van der Waals surface area contributed by atoms with Gasteiger partial charge in [0.1, 0.15) is 5.82 Å². The van der Waals surface area contributed by atoms with Crippen molar-refractivity contribution >= 4 is 23.4 Å². The molecular formula is C12H10ClFO3. The summed E-state index contributed by atoms with van der Waals surface area (Å²) in [6, 6.07) is 3.80. The second-order valence-electron chi connectivity index (χ2n) is 3.96. The highest BCUT2D eigenvalue weighted by molar-refractivity contribution is 6.31. The quantitative estimate of drug-likeness (QED) is 0.616. The first kappa shape index (κ1) is 12.0. The van der Waals surface area contributed by atoms with Crippen molar-refractivity contribution in [3.8, 4) is 0 Å². The molecule has 0 aliphatic heterocycles. The Labute approximate surface area is 103 Å². The fraction of sp³-hybridized carbons (Fsp3) is 0.333. The summed E-state index contributed by atoms with van der Waals surface area (Å²) in [5.74, 6) is -1.86. The third-order valence-electron chi connectivity index (χ3n) is 2.84. The fourth-order valence-corrected chi connectivity index (χ4v) is 1.94. The molecule has 17 heavy (non-hydrogen) atoms. The molecule has 0 bridgehead atoms. The summed E-state index contributed by atoms with van der Waals surface area (Å²) in [5.41, 5.74) is 0.327. The SMILES string of the molecule is COC(=O)[C@H]1C[C@@H]1C(=O)c1ccc(F)c(Cl)c1. The van der Waals surface area contributed by atoms with Gasteiger partial charge in [-0.15, -0.1) is 0 Å². The number of hydrogen-bond donors (Lipinski definition) is 0. The Balaban J connectivity index is 2.12. The number of carbonyl (C=O) groups is 2. The minimum Gasteiger partial charge on any atom is -0.469 e. The summed E-state index contributed by atoms with van der Waals surface area (Å²) >= 11 is 5.59. The Morgan fingerprint density at radius 1 is 1.41 bits per heavy atom. The molecule has 3 nitrogen and oxygen atoms in total. The molecule has 5 heteroatoms. The van der Waals surface area contributed by atoms with Gasteiger partial charge in [-0.2, -0.15) is 0 Å². The van der Waals surface area contributed by atoms with Crippen LogP contribution in [0.15, 0.2) is 18.2 Å².